The molecule has 0 fully saturated rings. The van der Waals surface area contributed by atoms with Gasteiger partial charge in [0.2, 0.25) is 0 Å². The van der Waals surface area contributed by atoms with Gasteiger partial charge in [-0.1, -0.05) is 13.8 Å². The van der Waals surface area contributed by atoms with Crippen LogP contribution in [0.4, 0.5) is 0 Å². The van der Waals surface area contributed by atoms with Crippen LogP contribution >= 0.6 is 0 Å². The summed E-state index contributed by atoms with van der Waals surface area (Å²) >= 11 is 0. The maximum Gasteiger partial charge on any atom is 0.320 e. The van der Waals surface area contributed by atoms with Crippen molar-refractivity contribution in [3.05, 3.63) is 0 Å². The fourth-order valence-corrected chi connectivity index (χ4v) is 0.863. The van der Waals surface area contributed by atoms with Crippen LogP contribution in [0.5, 0.6) is 0 Å². The van der Waals surface area contributed by atoms with Gasteiger partial charge >= 0.3 is 5.97 Å². The first-order valence-electron chi connectivity index (χ1n) is 4.88. The Balaban J connectivity index is 3.59. The van der Waals surface area contributed by atoms with E-state index in [1.165, 1.54) is 0 Å². The molecule has 0 aromatic heterocycles. The highest BCUT2D eigenvalue weighted by Gasteiger charge is 2.16. The molecule has 0 bridgehead atoms. The molecule has 0 aliphatic carbocycles. The number of esters is 1. The highest BCUT2D eigenvalue weighted by molar-refractivity contribution is 5.71. The minimum atomic E-state index is -0.256. The fraction of sp³-hybridized carbons (Fsp3) is 0.900. The van der Waals surface area contributed by atoms with Crippen molar-refractivity contribution < 1.29 is 14.6 Å². The summed E-state index contributed by atoms with van der Waals surface area (Å²) in [5.41, 5.74) is -0.196. The van der Waals surface area contributed by atoms with Crippen molar-refractivity contribution in [3.8, 4) is 0 Å². The van der Waals surface area contributed by atoms with Gasteiger partial charge in [-0.15, -0.1) is 0 Å². The zero-order valence-electron chi connectivity index (χ0n) is 9.46. The molecule has 4 nitrogen and oxygen atoms in total. The number of ether oxygens (including phenoxy) is 1. The molecule has 0 saturated heterocycles. The minimum Gasteiger partial charge on any atom is -0.462 e. The first-order chi connectivity index (χ1) is 6.37. The second kappa shape index (κ2) is 5.98. The molecule has 0 saturated carbocycles. The van der Waals surface area contributed by atoms with Gasteiger partial charge < -0.3 is 15.2 Å². The minimum absolute atomic E-state index is 0.0739. The number of hydrogen-bond acceptors (Lipinski definition) is 4. The molecule has 14 heavy (non-hydrogen) atoms. The molecule has 0 heterocycles. The van der Waals surface area contributed by atoms with Gasteiger partial charge in [-0.2, -0.15) is 0 Å². The van der Waals surface area contributed by atoms with Crippen LogP contribution in [-0.4, -0.2) is 36.9 Å². The largest absolute Gasteiger partial charge is 0.462 e. The Kier molecular flexibility index (Phi) is 5.72. The third-order valence-corrected chi connectivity index (χ3v) is 1.67. The lowest BCUT2D eigenvalue weighted by atomic mass is 9.95. The van der Waals surface area contributed by atoms with E-state index < -0.39 is 0 Å². The van der Waals surface area contributed by atoms with Crippen LogP contribution in [-0.2, 0) is 9.53 Å². The monoisotopic (exact) mass is 203 g/mol. The normalized spacial score (nSPS) is 11.9. The summed E-state index contributed by atoms with van der Waals surface area (Å²) in [5, 5.41) is 11.9. The van der Waals surface area contributed by atoms with Crippen molar-refractivity contribution in [2.24, 2.45) is 5.41 Å². The van der Waals surface area contributed by atoms with Crippen LogP contribution in [0.3, 0.4) is 0 Å². The second-order valence-electron chi connectivity index (χ2n) is 4.46. The molecular weight excluding hydrogens is 182 g/mol. The summed E-state index contributed by atoms with van der Waals surface area (Å²) in [6, 6.07) is 0. The van der Waals surface area contributed by atoms with Crippen molar-refractivity contribution >= 4 is 5.97 Å². The Morgan fingerprint density at radius 2 is 2.07 bits per heavy atom. The van der Waals surface area contributed by atoms with Crippen molar-refractivity contribution in [2.75, 3.05) is 19.7 Å². The van der Waals surface area contributed by atoms with Gasteiger partial charge in [-0.05, 0) is 13.8 Å². The Bertz CT molecular complexity index is 178. The molecule has 0 aromatic rings. The average molecular weight is 203 g/mol. The Morgan fingerprint density at radius 1 is 1.50 bits per heavy atom. The van der Waals surface area contributed by atoms with Gasteiger partial charge in [0.25, 0.3) is 0 Å². The van der Waals surface area contributed by atoms with Gasteiger partial charge in [0.15, 0.2) is 0 Å². The third kappa shape index (κ3) is 6.86. The number of carbonyl (C=O) groups is 1. The summed E-state index contributed by atoms with van der Waals surface area (Å²) in [6.45, 7) is 8.37. The lowest BCUT2D eigenvalue weighted by molar-refractivity contribution is -0.146. The van der Waals surface area contributed by atoms with Crippen molar-refractivity contribution in [1.82, 2.24) is 5.32 Å². The van der Waals surface area contributed by atoms with E-state index in [0.29, 0.717) is 6.54 Å². The summed E-state index contributed by atoms with van der Waals surface area (Å²) in [5.74, 6) is -0.256. The molecule has 2 N–H and O–H groups in total. The highest BCUT2D eigenvalue weighted by atomic mass is 16.5. The number of aliphatic hydroxyl groups is 1. The predicted octanol–water partition coefficient (Wildman–Crippen LogP) is 0.546. The van der Waals surface area contributed by atoms with Crippen LogP contribution in [0.1, 0.15) is 27.7 Å². The summed E-state index contributed by atoms with van der Waals surface area (Å²) in [4.78, 5) is 11.1. The smallest absolute Gasteiger partial charge is 0.320 e. The van der Waals surface area contributed by atoms with E-state index >= 15 is 0 Å². The average Bonchev–Trinajstić information content (AvgIpc) is 2.02. The van der Waals surface area contributed by atoms with E-state index in [-0.39, 0.29) is 30.6 Å². The Morgan fingerprint density at radius 3 is 2.50 bits per heavy atom. The number of carbonyl (C=O) groups excluding carboxylic acids is 1. The molecule has 0 unspecified atom stereocenters. The zero-order chi connectivity index (χ0) is 11.2. The molecule has 0 radical (unpaired) electrons. The molecule has 0 aliphatic heterocycles. The molecule has 0 aromatic carbocycles. The SMILES string of the molecule is CC(C)OC(=O)CNCC(C)(C)CO. The predicted molar refractivity (Wildman–Crippen MR) is 55.0 cm³/mol. The quantitative estimate of drug-likeness (QED) is 0.619. The number of rotatable bonds is 6. The first-order valence-corrected chi connectivity index (χ1v) is 4.88. The van der Waals surface area contributed by atoms with E-state index in [9.17, 15) is 4.79 Å². The van der Waals surface area contributed by atoms with Crippen LogP contribution in [0.25, 0.3) is 0 Å². The molecule has 4 heteroatoms. The van der Waals surface area contributed by atoms with E-state index in [1.54, 1.807) is 0 Å². The first kappa shape index (κ1) is 13.4. The molecule has 0 amide bonds. The molecule has 84 valence electrons. The molecular formula is C10H21NO3. The zero-order valence-corrected chi connectivity index (χ0v) is 9.46. The number of aliphatic hydroxyl groups excluding tert-OH is 1. The van der Waals surface area contributed by atoms with Crippen LogP contribution in [0.15, 0.2) is 0 Å². The van der Waals surface area contributed by atoms with Gasteiger partial charge in [-0.25, -0.2) is 0 Å². The van der Waals surface area contributed by atoms with Gasteiger partial charge in [0.1, 0.15) is 0 Å². The Labute approximate surface area is 85.6 Å². The van der Waals surface area contributed by atoms with E-state index in [0.717, 1.165) is 0 Å². The fourth-order valence-electron chi connectivity index (χ4n) is 0.863. The van der Waals surface area contributed by atoms with E-state index in [2.05, 4.69) is 5.32 Å². The van der Waals surface area contributed by atoms with Crippen molar-refractivity contribution in [1.29, 1.82) is 0 Å². The third-order valence-electron chi connectivity index (χ3n) is 1.67. The topological polar surface area (TPSA) is 58.6 Å². The molecule has 0 atom stereocenters. The standard InChI is InChI=1S/C10H21NO3/c1-8(2)14-9(13)5-11-6-10(3,4)7-12/h8,11-12H,5-7H2,1-4H3. The van der Waals surface area contributed by atoms with Gasteiger partial charge in [0.05, 0.1) is 12.6 Å². The van der Waals surface area contributed by atoms with Crippen molar-refractivity contribution in [3.63, 3.8) is 0 Å². The van der Waals surface area contributed by atoms with Gasteiger partial charge in [-0.3, -0.25) is 4.79 Å². The summed E-state index contributed by atoms with van der Waals surface area (Å²) in [6.07, 6.45) is -0.0739. The maximum atomic E-state index is 11.1. The van der Waals surface area contributed by atoms with Gasteiger partial charge in [0, 0.05) is 18.6 Å². The van der Waals surface area contributed by atoms with E-state index in [1.807, 2.05) is 27.7 Å². The Hall–Kier alpha value is -0.610. The van der Waals surface area contributed by atoms with Crippen LogP contribution in [0, 0.1) is 5.41 Å². The summed E-state index contributed by atoms with van der Waals surface area (Å²) < 4.78 is 4.93. The maximum absolute atomic E-state index is 11.1. The molecule has 0 spiro atoms. The van der Waals surface area contributed by atoms with Crippen LogP contribution in [0.2, 0.25) is 0 Å². The lowest BCUT2D eigenvalue weighted by Crippen LogP contribution is -2.36. The van der Waals surface area contributed by atoms with E-state index in [4.69, 9.17) is 9.84 Å². The number of nitrogens with one attached hydrogen (secondary N) is 1. The highest BCUT2D eigenvalue weighted by Crippen LogP contribution is 2.10. The molecule has 0 rings (SSSR count). The van der Waals surface area contributed by atoms with Crippen LogP contribution < -0.4 is 5.32 Å². The second-order valence-corrected chi connectivity index (χ2v) is 4.46. The lowest BCUT2D eigenvalue weighted by Gasteiger charge is -2.21. The summed E-state index contributed by atoms with van der Waals surface area (Å²) in [7, 11) is 0. The van der Waals surface area contributed by atoms with Crippen molar-refractivity contribution in [2.45, 2.75) is 33.8 Å². The molecule has 0 aliphatic rings. The number of hydrogen-bond donors (Lipinski definition) is 2.